The fourth-order valence-corrected chi connectivity index (χ4v) is 2.95. The molecule has 0 saturated carbocycles. The first kappa shape index (κ1) is 15.2. The molecule has 0 spiro atoms. The molecule has 1 aromatic carbocycles. The van der Waals surface area contributed by atoms with Crippen LogP contribution in [-0.2, 0) is 4.79 Å². The number of amides is 1. The fraction of sp³-hybridized carbons (Fsp3) is 0.214. The molecular formula is C14H9Cl3N4O. The van der Waals surface area contributed by atoms with Gasteiger partial charge in [0.2, 0.25) is 5.91 Å². The average Bonchev–Trinajstić information content (AvgIpc) is 3.10. The van der Waals surface area contributed by atoms with Crippen molar-refractivity contribution in [1.29, 1.82) is 5.26 Å². The Morgan fingerprint density at radius 2 is 2.00 bits per heavy atom. The van der Waals surface area contributed by atoms with Crippen LogP contribution in [0.4, 0.5) is 5.82 Å². The largest absolute Gasteiger partial charge is 0.294 e. The molecule has 1 fully saturated rings. The molecular weight excluding hydrogens is 347 g/mol. The monoisotopic (exact) mass is 354 g/mol. The maximum atomic E-state index is 11.9. The lowest BCUT2D eigenvalue weighted by Crippen LogP contribution is -2.25. The summed E-state index contributed by atoms with van der Waals surface area (Å²) in [5, 5.41) is 14.4. The van der Waals surface area contributed by atoms with Crippen molar-refractivity contribution in [1.82, 2.24) is 9.78 Å². The van der Waals surface area contributed by atoms with E-state index in [4.69, 9.17) is 34.8 Å². The minimum Gasteiger partial charge on any atom is -0.294 e. The Labute approximate surface area is 141 Å². The molecule has 2 aromatic rings. The molecule has 0 N–H and O–H groups in total. The summed E-state index contributed by atoms with van der Waals surface area (Å²) >= 11 is 18.1. The average molecular weight is 356 g/mol. The zero-order valence-electron chi connectivity index (χ0n) is 11.2. The molecule has 0 bridgehead atoms. The highest BCUT2D eigenvalue weighted by atomic mass is 35.5. The molecule has 1 saturated heterocycles. The van der Waals surface area contributed by atoms with Gasteiger partial charge in [-0.2, -0.15) is 5.26 Å². The van der Waals surface area contributed by atoms with E-state index in [9.17, 15) is 10.1 Å². The first-order valence-corrected chi connectivity index (χ1v) is 7.60. The lowest BCUT2D eigenvalue weighted by molar-refractivity contribution is -0.117. The van der Waals surface area contributed by atoms with Crippen LogP contribution in [0.1, 0.15) is 18.4 Å². The highest BCUT2D eigenvalue weighted by Crippen LogP contribution is 2.35. The second kappa shape index (κ2) is 5.81. The zero-order chi connectivity index (χ0) is 15.9. The predicted octanol–water partition coefficient (Wildman–Crippen LogP) is 3.83. The van der Waals surface area contributed by atoms with Gasteiger partial charge in [-0.3, -0.25) is 9.69 Å². The molecule has 3 rings (SSSR count). The number of carbonyl (C=O) groups is 1. The number of anilines is 1. The molecule has 22 heavy (non-hydrogen) atoms. The third-order valence-corrected chi connectivity index (χ3v) is 4.69. The first-order chi connectivity index (χ1) is 10.5. The summed E-state index contributed by atoms with van der Waals surface area (Å²) in [6, 6.07) is 5.30. The molecule has 2 heterocycles. The van der Waals surface area contributed by atoms with E-state index in [0.717, 1.165) is 6.42 Å². The van der Waals surface area contributed by atoms with Gasteiger partial charge >= 0.3 is 0 Å². The number of benzene rings is 1. The van der Waals surface area contributed by atoms with Crippen LogP contribution in [0, 0.1) is 11.3 Å². The van der Waals surface area contributed by atoms with Gasteiger partial charge in [0, 0.05) is 13.0 Å². The Morgan fingerprint density at radius 1 is 1.23 bits per heavy atom. The van der Waals surface area contributed by atoms with Crippen LogP contribution in [0.5, 0.6) is 0 Å². The van der Waals surface area contributed by atoms with Gasteiger partial charge in [0.25, 0.3) is 0 Å². The number of halogens is 3. The molecule has 0 aliphatic carbocycles. The summed E-state index contributed by atoms with van der Waals surface area (Å²) in [7, 11) is 0. The van der Waals surface area contributed by atoms with Crippen molar-refractivity contribution in [2.45, 2.75) is 12.8 Å². The van der Waals surface area contributed by atoms with E-state index in [0.29, 0.717) is 35.1 Å². The van der Waals surface area contributed by atoms with E-state index in [-0.39, 0.29) is 16.0 Å². The van der Waals surface area contributed by atoms with Crippen LogP contribution >= 0.6 is 34.8 Å². The highest BCUT2D eigenvalue weighted by molar-refractivity contribution is 6.48. The second-order valence-electron chi connectivity index (χ2n) is 4.77. The van der Waals surface area contributed by atoms with Crippen molar-refractivity contribution in [3.05, 3.63) is 39.0 Å². The number of carbonyl (C=O) groups excluding carboxylic acids is 1. The molecule has 1 amide bonds. The Bertz CT molecular complexity index is 809. The van der Waals surface area contributed by atoms with Crippen LogP contribution in [0.3, 0.4) is 0 Å². The number of nitrogens with zero attached hydrogens (tertiary/aromatic N) is 4. The third-order valence-electron chi connectivity index (χ3n) is 3.41. The van der Waals surface area contributed by atoms with Gasteiger partial charge in [-0.15, -0.1) is 5.10 Å². The summed E-state index contributed by atoms with van der Waals surface area (Å²) in [6.07, 6.45) is 2.74. The number of hydrogen-bond acceptors (Lipinski definition) is 3. The van der Waals surface area contributed by atoms with E-state index in [2.05, 4.69) is 5.10 Å². The highest BCUT2D eigenvalue weighted by Gasteiger charge is 2.27. The van der Waals surface area contributed by atoms with Crippen molar-refractivity contribution in [3.8, 4) is 11.8 Å². The minimum absolute atomic E-state index is 0.0398. The Balaban J connectivity index is 2.11. The SMILES string of the molecule is N#Cc1cn(-c2ccc(Cl)c(Cl)c2Cl)nc1N1CCCC1=O. The Morgan fingerprint density at radius 3 is 2.64 bits per heavy atom. The summed E-state index contributed by atoms with van der Waals surface area (Å²) in [4.78, 5) is 13.4. The van der Waals surface area contributed by atoms with Gasteiger partial charge < -0.3 is 0 Å². The van der Waals surface area contributed by atoms with Gasteiger partial charge in [0.1, 0.15) is 11.6 Å². The van der Waals surface area contributed by atoms with E-state index >= 15 is 0 Å². The molecule has 1 aliphatic heterocycles. The molecule has 112 valence electrons. The first-order valence-electron chi connectivity index (χ1n) is 6.47. The lowest BCUT2D eigenvalue weighted by Gasteiger charge is -2.12. The van der Waals surface area contributed by atoms with Gasteiger partial charge in [0.15, 0.2) is 5.82 Å². The van der Waals surface area contributed by atoms with Crippen LogP contribution in [0.15, 0.2) is 18.3 Å². The van der Waals surface area contributed by atoms with E-state index in [1.165, 1.54) is 15.8 Å². The fourth-order valence-electron chi connectivity index (χ4n) is 2.33. The minimum atomic E-state index is -0.0398. The smallest absolute Gasteiger partial charge is 0.228 e. The molecule has 0 radical (unpaired) electrons. The predicted molar refractivity (Wildman–Crippen MR) is 84.9 cm³/mol. The summed E-state index contributed by atoms with van der Waals surface area (Å²) in [6.45, 7) is 0.555. The van der Waals surface area contributed by atoms with E-state index < -0.39 is 0 Å². The van der Waals surface area contributed by atoms with Crippen molar-refractivity contribution >= 4 is 46.5 Å². The molecule has 5 nitrogen and oxygen atoms in total. The number of rotatable bonds is 2. The maximum absolute atomic E-state index is 11.9. The molecule has 0 unspecified atom stereocenters. The Kier molecular flexibility index (Phi) is 4.00. The van der Waals surface area contributed by atoms with Gasteiger partial charge in [-0.25, -0.2) is 4.68 Å². The van der Waals surface area contributed by atoms with Crippen LogP contribution in [0.25, 0.3) is 5.69 Å². The van der Waals surface area contributed by atoms with Crippen molar-refractivity contribution in [3.63, 3.8) is 0 Å². The molecule has 8 heteroatoms. The normalized spacial score (nSPS) is 14.5. The number of aromatic nitrogens is 2. The van der Waals surface area contributed by atoms with Crippen LogP contribution in [0.2, 0.25) is 15.1 Å². The summed E-state index contributed by atoms with van der Waals surface area (Å²) < 4.78 is 1.43. The molecule has 1 aliphatic rings. The zero-order valence-corrected chi connectivity index (χ0v) is 13.5. The van der Waals surface area contributed by atoms with Crippen LogP contribution in [-0.4, -0.2) is 22.2 Å². The van der Waals surface area contributed by atoms with E-state index in [1.54, 1.807) is 12.1 Å². The topological polar surface area (TPSA) is 61.9 Å². The van der Waals surface area contributed by atoms with Crippen molar-refractivity contribution in [2.24, 2.45) is 0 Å². The second-order valence-corrected chi connectivity index (χ2v) is 5.93. The standard InChI is InChI=1S/C14H9Cl3N4O/c15-9-3-4-10(13(17)12(9)16)21-7-8(6-18)14(19-21)20-5-1-2-11(20)22/h3-4,7H,1-2,5H2. The third kappa shape index (κ3) is 2.44. The van der Waals surface area contributed by atoms with Crippen molar-refractivity contribution in [2.75, 3.05) is 11.4 Å². The number of nitriles is 1. The Hall–Kier alpha value is -1.74. The summed E-state index contributed by atoms with van der Waals surface area (Å²) in [5.41, 5.74) is 0.794. The molecule has 1 aromatic heterocycles. The van der Waals surface area contributed by atoms with Gasteiger partial charge in [0.05, 0.1) is 27.0 Å². The van der Waals surface area contributed by atoms with Crippen LogP contribution < -0.4 is 4.90 Å². The van der Waals surface area contributed by atoms with Crippen molar-refractivity contribution < 1.29 is 4.79 Å². The van der Waals surface area contributed by atoms with Gasteiger partial charge in [-0.05, 0) is 18.6 Å². The summed E-state index contributed by atoms with van der Waals surface area (Å²) in [5.74, 6) is 0.300. The lowest BCUT2D eigenvalue weighted by atomic mass is 10.3. The quantitative estimate of drug-likeness (QED) is 0.769. The maximum Gasteiger partial charge on any atom is 0.228 e. The van der Waals surface area contributed by atoms with Gasteiger partial charge in [-0.1, -0.05) is 34.8 Å². The van der Waals surface area contributed by atoms with E-state index in [1.807, 2.05) is 6.07 Å². The number of hydrogen-bond donors (Lipinski definition) is 0. The molecule has 0 atom stereocenters.